The molecule has 1 aliphatic rings. The van der Waals surface area contributed by atoms with Crippen molar-refractivity contribution in [3.8, 4) is 0 Å². The van der Waals surface area contributed by atoms with Gasteiger partial charge in [-0.2, -0.15) is 13.2 Å². The van der Waals surface area contributed by atoms with Crippen molar-refractivity contribution in [3.63, 3.8) is 0 Å². The molecule has 2 rings (SSSR count). The Morgan fingerprint density at radius 3 is 2.48 bits per heavy atom. The highest BCUT2D eigenvalue weighted by Gasteiger charge is 2.38. The van der Waals surface area contributed by atoms with Crippen LogP contribution in [0.1, 0.15) is 37.3 Å². The molecule has 0 heterocycles. The van der Waals surface area contributed by atoms with Crippen molar-refractivity contribution in [3.05, 3.63) is 29.3 Å². The molecule has 0 saturated heterocycles. The van der Waals surface area contributed by atoms with Gasteiger partial charge in [-0.1, -0.05) is 19.1 Å². The van der Waals surface area contributed by atoms with Crippen LogP contribution in [0.3, 0.4) is 0 Å². The van der Waals surface area contributed by atoms with E-state index in [1.807, 2.05) is 32.0 Å². The number of benzene rings is 1. The summed E-state index contributed by atoms with van der Waals surface area (Å²) in [5.41, 5.74) is 8.62. The zero-order valence-electron chi connectivity index (χ0n) is 12.6. The normalized spacial score (nSPS) is 16.9. The third kappa shape index (κ3) is 4.63. The number of nitrogens with two attached hydrogens (primary N) is 1. The number of rotatable bonds is 6. The Balaban J connectivity index is 2.17. The maximum absolute atomic E-state index is 12.8. The number of anilines is 1. The van der Waals surface area contributed by atoms with Crippen LogP contribution in [-0.2, 0) is 6.42 Å². The van der Waals surface area contributed by atoms with Gasteiger partial charge in [-0.05, 0) is 49.8 Å². The van der Waals surface area contributed by atoms with Gasteiger partial charge in [0.05, 0.1) is 0 Å². The van der Waals surface area contributed by atoms with E-state index in [-0.39, 0.29) is 12.1 Å². The van der Waals surface area contributed by atoms with Crippen LogP contribution in [0.15, 0.2) is 18.2 Å². The summed E-state index contributed by atoms with van der Waals surface area (Å²) in [7, 11) is 0. The van der Waals surface area contributed by atoms with E-state index in [1.54, 1.807) is 0 Å². The fourth-order valence-electron chi connectivity index (χ4n) is 2.60. The maximum atomic E-state index is 12.8. The van der Waals surface area contributed by atoms with Gasteiger partial charge in [-0.3, -0.25) is 0 Å². The number of nitrogens with zero attached hydrogens (tertiary/aromatic N) is 1. The Morgan fingerprint density at radius 2 is 2.00 bits per heavy atom. The van der Waals surface area contributed by atoms with Gasteiger partial charge in [0.1, 0.15) is 6.54 Å². The fraction of sp³-hybridized carbons (Fsp3) is 0.625. The lowest BCUT2D eigenvalue weighted by molar-refractivity contribution is -0.120. The van der Waals surface area contributed by atoms with Crippen LogP contribution >= 0.6 is 0 Å². The van der Waals surface area contributed by atoms with Crippen LogP contribution in [-0.4, -0.2) is 24.8 Å². The maximum Gasteiger partial charge on any atom is 0.405 e. The summed E-state index contributed by atoms with van der Waals surface area (Å²) in [5, 5.41) is 0. The molecule has 1 aromatic carbocycles. The van der Waals surface area contributed by atoms with E-state index in [0.717, 1.165) is 36.8 Å². The van der Waals surface area contributed by atoms with Crippen molar-refractivity contribution in [1.82, 2.24) is 0 Å². The van der Waals surface area contributed by atoms with Crippen molar-refractivity contribution in [2.75, 3.05) is 11.4 Å². The molecular weight excluding hydrogens is 277 g/mol. The fourth-order valence-corrected chi connectivity index (χ4v) is 2.60. The van der Waals surface area contributed by atoms with Crippen molar-refractivity contribution in [2.45, 2.75) is 57.8 Å². The molecule has 1 unspecified atom stereocenters. The zero-order valence-corrected chi connectivity index (χ0v) is 12.6. The van der Waals surface area contributed by atoms with Crippen LogP contribution in [0, 0.1) is 6.92 Å². The molecule has 1 atom stereocenters. The first kappa shape index (κ1) is 16.1. The molecule has 0 bridgehead atoms. The van der Waals surface area contributed by atoms with Gasteiger partial charge in [0.25, 0.3) is 0 Å². The number of hydrogen-bond donors (Lipinski definition) is 1. The summed E-state index contributed by atoms with van der Waals surface area (Å²) >= 11 is 0. The smallest absolute Gasteiger partial charge is 0.359 e. The van der Waals surface area contributed by atoms with Gasteiger partial charge in [0, 0.05) is 17.8 Å². The highest BCUT2D eigenvalue weighted by molar-refractivity contribution is 5.56. The molecule has 1 aliphatic carbocycles. The Kier molecular flexibility index (Phi) is 4.81. The van der Waals surface area contributed by atoms with Crippen LogP contribution in [0.2, 0.25) is 0 Å². The van der Waals surface area contributed by atoms with Gasteiger partial charge >= 0.3 is 6.18 Å². The minimum atomic E-state index is -4.17. The minimum absolute atomic E-state index is 0.0362. The Morgan fingerprint density at radius 1 is 1.33 bits per heavy atom. The van der Waals surface area contributed by atoms with Crippen molar-refractivity contribution in [1.29, 1.82) is 0 Å². The van der Waals surface area contributed by atoms with Crippen LogP contribution < -0.4 is 10.6 Å². The largest absolute Gasteiger partial charge is 0.405 e. The Bertz CT molecular complexity index is 481. The second-order valence-electron chi connectivity index (χ2n) is 5.97. The average Bonchev–Trinajstić information content (AvgIpc) is 3.19. The molecule has 118 valence electrons. The SMILES string of the molecule is CCC(N)Cc1ccc(N(CC(F)(F)F)C2CC2)c(C)c1. The number of alkyl halides is 3. The third-order valence-corrected chi connectivity index (χ3v) is 3.93. The van der Waals surface area contributed by atoms with E-state index in [2.05, 4.69) is 0 Å². The van der Waals surface area contributed by atoms with E-state index in [0.29, 0.717) is 5.69 Å². The third-order valence-electron chi connectivity index (χ3n) is 3.93. The number of hydrogen-bond acceptors (Lipinski definition) is 2. The summed E-state index contributed by atoms with van der Waals surface area (Å²) in [6.07, 6.45) is -0.822. The van der Waals surface area contributed by atoms with Gasteiger partial charge < -0.3 is 10.6 Å². The summed E-state index contributed by atoms with van der Waals surface area (Å²) in [6, 6.07) is 5.83. The van der Waals surface area contributed by atoms with Gasteiger partial charge in [0.15, 0.2) is 0 Å². The lowest BCUT2D eigenvalue weighted by Crippen LogP contribution is -2.36. The molecule has 1 aromatic rings. The predicted molar refractivity (Wildman–Crippen MR) is 79.6 cm³/mol. The topological polar surface area (TPSA) is 29.3 Å². The first-order valence-corrected chi connectivity index (χ1v) is 7.48. The monoisotopic (exact) mass is 300 g/mol. The predicted octanol–water partition coefficient (Wildman–Crippen LogP) is 3.81. The van der Waals surface area contributed by atoms with Gasteiger partial charge in [-0.25, -0.2) is 0 Å². The first-order valence-electron chi connectivity index (χ1n) is 7.48. The lowest BCUT2D eigenvalue weighted by atomic mass is 10.0. The van der Waals surface area contributed by atoms with Crippen LogP contribution in [0.5, 0.6) is 0 Å². The zero-order chi connectivity index (χ0) is 15.6. The average molecular weight is 300 g/mol. The van der Waals surface area contributed by atoms with Crippen molar-refractivity contribution >= 4 is 5.69 Å². The summed E-state index contributed by atoms with van der Waals surface area (Å²) in [6.45, 7) is 3.04. The Hall–Kier alpha value is -1.23. The van der Waals surface area contributed by atoms with Crippen LogP contribution in [0.4, 0.5) is 18.9 Å². The van der Waals surface area contributed by atoms with Gasteiger partial charge in [-0.15, -0.1) is 0 Å². The van der Waals surface area contributed by atoms with Crippen LogP contribution in [0.25, 0.3) is 0 Å². The minimum Gasteiger partial charge on any atom is -0.359 e. The van der Waals surface area contributed by atoms with E-state index in [9.17, 15) is 13.2 Å². The summed E-state index contributed by atoms with van der Waals surface area (Å²) in [4.78, 5) is 1.50. The van der Waals surface area contributed by atoms with E-state index in [4.69, 9.17) is 5.73 Å². The molecule has 2 N–H and O–H groups in total. The first-order chi connectivity index (χ1) is 9.80. The molecule has 1 fully saturated rings. The molecule has 0 aromatic heterocycles. The molecule has 0 spiro atoms. The molecule has 5 heteroatoms. The molecule has 1 saturated carbocycles. The van der Waals surface area contributed by atoms with Crippen molar-refractivity contribution < 1.29 is 13.2 Å². The lowest BCUT2D eigenvalue weighted by Gasteiger charge is -2.28. The second-order valence-corrected chi connectivity index (χ2v) is 5.97. The molecular formula is C16H23F3N2. The molecule has 0 aliphatic heterocycles. The molecule has 0 amide bonds. The summed E-state index contributed by atoms with van der Waals surface area (Å²) < 4.78 is 38.3. The number of halogens is 3. The number of aryl methyl sites for hydroxylation is 1. The van der Waals surface area contributed by atoms with E-state index in [1.165, 1.54) is 4.90 Å². The van der Waals surface area contributed by atoms with E-state index < -0.39 is 12.7 Å². The van der Waals surface area contributed by atoms with Gasteiger partial charge in [0.2, 0.25) is 0 Å². The quantitative estimate of drug-likeness (QED) is 0.865. The molecule has 2 nitrogen and oxygen atoms in total. The summed E-state index contributed by atoms with van der Waals surface area (Å²) in [5.74, 6) is 0. The Labute approximate surface area is 124 Å². The van der Waals surface area contributed by atoms with E-state index >= 15 is 0 Å². The second kappa shape index (κ2) is 6.26. The molecule has 21 heavy (non-hydrogen) atoms. The molecule has 0 radical (unpaired) electrons. The van der Waals surface area contributed by atoms with Crippen molar-refractivity contribution in [2.24, 2.45) is 5.73 Å². The highest BCUT2D eigenvalue weighted by Crippen LogP contribution is 2.36. The highest BCUT2D eigenvalue weighted by atomic mass is 19.4. The standard InChI is InChI=1S/C16H23F3N2/c1-3-13(20)9-12-4-7-15(11(2)8-12)21(14-5-6-14)10-16(17,18)19/h4,7-8,13-14H,3,5-6,9-10,20H2,1-2H3.